The minimum absolute atomic E-state index is 0.00127. The zero-order valence-corrected chi connectivity index (χ0v) is 25.6. The van der Waals surface area contributed by atoms with E-state index < -0.39 is 6.04 Å². The van der Waals surface area contributed by atoms with Gasteiger partial charge in [0.2, 0.25) is 5.91 Å². The van der Waals surface area contributed by atoms with Crippen LogP contribution in [0.2, 0.25) is 0 Å². The lowest BCUT2D eigenvalue weighted by atomic mass is 9.97. The number of aromatic nitrogens is 5. The van der Waals surface area contributed by atoms with Crippen molar-refractivity contribution < 1.29 is 19.1 Å². The van der Waals surface area contributed by atoms with Gasteiger partial charge in [-0.25, -0.2) is 9.50 Å². The van der Waals surface area contributed by atoms with Crippen LogP contribution in [0.1, 0.15) is 74.1 Å². The minimum atomic E-state index is -0.441. The summed E-state index contributed by atoms with van der Waals surface area (Å²) in [6, 6.07) is 5.54. The van der Waals surface area contributed by atoms with Crippen molar-refractivity contribution in [1.29, 1.82) is 0 Å². The first-order valence-electron chi connectivity index (χ1n) is 15.8. The summed E-state index contributed by atoms with van der Waals surface area (Å²) in [6.45, 7) is 7.90. The Morgan fingerprint density at radius 1 is 1.11 bits per heavy atom. The molecule has 5 heterocycles. The molecule has 1 saturated heterocycles. The van der Waals surface area contributed by atoms with E-state index in [1.807, 2.05) is 43.3 Å². The Bertz CT molecular complexity index is 1790. The van der Waals surface area contributed by atoms with Crippen LogP contribution >= 0.6 is 0 Å². The molecule has 0 spiro atoms. The quantitative estimate of drug-likeness (QED) is 0.352. The average Bonchev–Trinajstić information content (AvgIpc) is 3.26. The summed E-state index contributed by atoms with van der Waals surface area (Å²) in [5, 5.41) is 13.5. The van der Waals surface area contributed by atoms with Gasteiger partial charge in [-0.3, -0.25) is 19.1 Å². The molecule has 11 nitrogen and oxygen atoms in total. The highest BCUT2D eigenvalue weighted by molar-refractivity contribution is 6.07. The fourth-order valence-electron chi connectivity index (χ4n) is 7.27. The van der Waals surface area contributed by atoms with Crippen molar-refractivity contribution in [1.82, 2.24) is 34.6 Å². The summed E-state index contributed by atoms with van der Waals surface area (Å²) in [5.41, 5.74) is 5.29. The second-order valence-electron chi connectivity index (χ2n) is 12.7. The number of nitrogens with zero attached hydrogens (tertiary/aromatic N) is 6. The van der Waals surface area contributed by atoms with Crippen molar-refractivity contribution in [2.45, 2.75) is 84.5 Å². The smallest absolute Gasteiger partial charge is 0.245 e. The molecule has 1 amide bonds. The number of benzene rings is 1. The molecule has 2 fully saturated rings. The van der Waals surface area contributed by atoms with E-state index in [2.05, 4.69) is 21.5 Å². The molecule has 0 radical (unpaired) electrons. The number of rotatable bonds is 4. The van der Waals surface area contributed by atoms with Gasteiger partial charge in [0.1, 0.15) is 12.2 Å². The van der Waals surface area contributed by atoms with E-state index in [0.29, 0.717) is 43.7 Å². The predicted molar refractivity (Wildman–Crippen MR) is 164 cm³/mol. The molecule has 1 saturated carbocycles. The van der Waals surface area contributed by atoms with E-state index in [1.54, 1.807) is 9.20 Å². The van der Waals surface area contributed by atoms with Crippen LogP contribution in [0.3, 0.4) is 0 Å². The fraction of sp³-hybridized carbons (Fsp3) is 0.515. The molecule has 3 aromatic heterocycles. The summed E-state index contributed by atoms with van der Waals surface area (Å²) in [7, 11) is 0. The molecule has 0 unspecified atom stereocenters. The maximum atomic E-state index is 14.1. The van der Waals surface area contributed by atoms with Crippen molar-refractivity contribution in [2.24, 2.45) is 5.41 Å². The fourth-order valence-corrected chi connectivity index (χ4v) is 7.27. The molecule has 1 N–H and O–H groups in total. The highest BCUT2D eigenvalue weighted by Crippen LogP contribution is 2.60. The van der Waals surface area contributed by atoms with Crippen LogP contribution in [0.5, 0.6) is 0 Å². The standard InChI is InChI=1S/C33H39N7O4/c1-4-27(42)26-13-33-14-28(33)40(26)30(43)18-39-32-23(15-34-8-6-5-7-9-44-19-33)11-22(12-25(32)31(37-39)21(3)41)24-16-35-29-10-20(2)36-38(29)17-24/h10-12,16-17,26,28,34H,4-9,13-15,18-19H2,1-3H3/t26-,28+,33-/m0/s1. The number of fused-ring (bicyclic) bond motifs is 1. The number of aryl methyl sites for hydroxylation is 1. The maximum absolute atomic E-state index is 14.1. The lowest BCUT2D eigenvalue weighted by Gasteiger charge is -2.26. The predicted octanol–water partition coefficient (Wildman–Crippen LogP) is 3.89. The number of carbonyl (C=O) groups excluding carboxylic acids is 3. The Balaban J connectivity index is 1.33. The Labute approximate surface area is 255 Å². The Kier molecular flexibility index (Phi) is 7.32. The second-order valence-corrected chi connectivity index (χ2v) is 12.7. The lowest BCUT2D eigenvalue weighted by molar-refractivity contribution is -0.139. The maximum Gasteiger partial charge on any atom is 0.245 e. The van der Waals surface area contributed by atoms with Gasteiger partial charge in [-0.1, -0.05) is 6.92 Å². The van der Waals surface area contributed by atoms with Gasteiger partial charge in [-0.15, -0.1) is 0 Å². The van der Waals surface area contributed by atoms with Crippen LogP contribution in [0.15, 0.2) is 30.6 Å². The molecule has 3 atom stereocenters. The van der Waals surface area contributed by atoms with Gasteiger partial charge >= 0.3 is 0 Å². The molecule has 3 aliphatic rings. The normalized spacial score (nSPS) is 24.4. The Morgan fingerprint density at radius 3 is 2.80 bits per heavy atom. The lowest BCUT2D eigenvalue weighted by Crippen LogP contribution is -2.44. The molecule has 230 valence electrons. The van der Waals surface area contributed by atoms with Gasteiger partial charge < -0.3 is 15.0 Å². The van der Waals surface area contributed by atoms with E-state index in [0.717, 1.165) is 65.8 Å². The Morgan fingerprint density at radius 2 is 1.98 bits per heavy atom. The monoisotopic (exact) mass is 597 g/mol. The number of ketones is 2. The third-order valence-corrected chi connectivity index (χ3v) is 9.58. The van der Waals surface area contributed by atoms with E-state index in [1.165, 1.54) is 6.92 Å². The number of hydrogen-bond acceptors (Lipinski definition) is 8. The molecular formula is C33H39N7O4. The molecule has 1 aromatic carbocycles. The van der Waals surface area contributed by atoms with E-state index in [-0.39, 0.29) is 35.5 Å². The molecular weight excluding hydrogens is 558 g/mol. The first-order chi connectivity index (χ1) is 21.3. The van der Waals surface area contributed by atoms with E-state index in [9.17, 15) is 14.4 Å². The number of ether oxygens (including phenoxy) is 1. The highest BCUT2D eigenvalue weighted by atomic mass is 16.5. The topological polar surface area (TPSA) is 124 Å². The zero-order chi connectivity index (χ0) is 30.6. The minimum Gasteiger partial charge on any atom is -0.381 e. The van der Waals surface area contributed by atoms with Crippen molar-refractivity contribution in [3.05, 3.63) is 47.5 Å². The molecule has 44 heavy (non-hydrogen) atoms. The number of piperidine rings is 1. The number of Topliss-reactive ketones (excluding diaryl/α,β-unsaturated/α-hetero) is 2. The van der Waals surface area contributed by atoms with Gasteiger partial charge in [0.05, 0.1) is 23.9 Å². The first-order valence-corrected chi connectivity index (χ1v) is 15.8. The van der Waals surface area contributed by atoms with E-state index >= 15 is 0 Å². The number of carbonyl (C=O) groups is 3. The van der Waals surface area contributed by atoms with Crippen LogP contribution < -0.4 is 5.32 Å². The van der Waals surface area contributed by atoms with Crippen LogP contribution in [-0.2, 0) is 27.4 Å². The number of nitrogens with one attached hydrogen (secondary N) is 1. The molecule has 1 aliphatic carbocycles. The van der Waals surface area contributed by atoms with Crippen molar-refractivity contribution in [2.75, 3.05) is 19.8 Å². The van der Waals surface area contributed by atoms with Crippen molar-refractivity contribution in [3.63, 3.8) is 0 Å². The zero-order valence-electron chi connectivity index (χ0n) is 25.6. The van der Waals surface area contributed by atoms with Crippen LogP contribution in [0.25, 0.3) is 27.7 Å². The number of amides is 1. The average molecular weight is 598 g/mol. The molecule has 2 aliphatic heterocycles. The third kappa shape index (κ3) is 5.01. The second kappa shape index (κ2) is 11.2. The number of hydrogen-bond donors (Lipinski definition) is 1. The van der Waals surface area contributed by atoms with E-state index in [4.69, 9.17) is 9.84 Å². The molecule has 4 aromatic rings. The largest absolute Gasteiger partial charge is 0.381 e. The summed E-state index contributed by atoms with van der Waals surface area (Å²) in [4.78, 5) is 46.5. The van der Waals surface area contributed by atoms with Crippen molar-refractivity contribution >= 4 is 34.0 Å². The van der Waals surface area contributed by atoms with Gasteiger partial charge in [0.25, 0.3) is 0 Å². The molecule has 7 rings (SSSR count). The van der Waals surface area contributed by atoms with Gasteiger partial charge in [-0.05, 0) is 68.8 Å². The molecule has 2 bridgehead atoms. The van der Waals surface area contributed by atoms with Gasteiger partial charge in [-0.2, -0.15) is 10.2 Å². The third-order valence-electron chi connectivity index (χ3n) is 9.58. The summed E-state index contributed by atoms with van der Waals surface area (Å²) < 4.78 is 9.55. The van der Waals surface area contributed by atoms with Crippen molar-refractivity contribution in [3.8, 4) is 11.1 Å². The summed E-state index contributed by atoms with van der Waals surface area (Å²) in [6.07, 6.45) is 8.68. The van der Waals surface area contributed by atoms with Gasteiger partial charge in [0.15, 0.2) is 17.2 Å². The molecule has 11 heteroatoms. The van der Waals surface area contributed by atoms with Crippen LogP contribution in [0.4, 0.5) is 0 Å². The van der Waals surface area contributed by atoms with Gasteiger partial charge in [0, 0.05) is 67.4 Å². The van der Waals surface area contributed by atoms with Crippen LogP contribution in [0, 0.1) is 12.3 Å². The highest BCUT2D eigenvalue weighted by Gasteiger charge is 2.66. The first kappa shape index (κ1) is 28.8. The Hall–Kier alpha value is -3.96. The SMILES string of the molecule is CCC(=O)[C@@H]1C[C@]23COCCCCCNCc4cc(-c5cnc6cc(C)nn6c5)cc5c(C(C)=O)nn(c45)CC(=O)N1[C@@H]2C3. The summed E-state index contributed by atoms with van der Waals surface area (Å²) >= 11 is 0. The van der Waals surface area contributed by atoms with Crippen LogP contribution in [-0.4, -0.2) is 78.6 Å². The summed E-state index contributed by atoms with van der Waals surface area (Å²) in [5.74, 6) is -0.229.